The number of piperidine rings is 1. The van der Waals surface area contributed by atoms with Gasteiger partial charge < -0.3 is 10.1 Å². The van der Waals surface area contributed by atoms with Crippen molar-refractivity contribution < 1.29 is 4.74 Å². The van der Waals surface area contributed by atoms with Crippen molar-refractivity contribution in [2.45, 2.75) is 24.7 Å². The molecule has 2 saturated heterocycles. The first-order valence-corrected chi connectivity index (χ1v) is 6.58. The zero-order chi connectivity index (χ0) is 11.6. The van der Waals surface area contributed by atoms with E-state index in [-0.39, 0.29) is 5.41 Å². The second-order valence-electron chi connectivity index (χ2n) is 5.43. The van der Waals surface area contributed by atoms with Crippen LogP contribution in [0.2, 0.25) is 0 Å². The van der Waals surface area contributed by atoms with Crippen molar-refractivity contribution in [2.75, 3.05) is 26.3 Å². The van der Waals surface area contributed by atoms with Crippen LogP contribution in [0.4, 0.5) is 0 Å². The molecule has 0 amide bonds. The van der Waals surface area contributed by atoms with Gasteiger partial charge in [0.2, 0.25) is 0 Å². The molecule has 0 bridgehead atoms. The number of hydrogen-bond acceptors (Lipinski definition) is 3. The zero-order valence-electron chi connectivity index (χ0n) is 10.2. The van der Waals surface area contributed by atoms with Gasteiger partial charge in [0.1, 0.15) is 0 Å². The molecule has 2 aliphatic rings. The molecule has 2 aliphatic heterocycles. The molecule has 1 aromatic heterocycles. The van der Waals surface area contributed by atoms with Crippen molar-refractivity contribution >= 4 is 0 Å². The topological polar surface area (TPSA) is 34.1 Å². The molecule has 0 aliphatic carbocycles. The van der Waals surface area contributed by atoms with E-state index in [1.165, 1.54) is 37.9 Å². The maximum absolute atomic E-state index is 5.49. The molecular formula is C14H20N2O. The zero-order valence-corrected chi connectivity index (χ0v) is 10.2. The Morgan fingerprint density at radius 3 is 2.76 bits per heavy atom. The highest BCUT2D eigenvalue weighted by Crippen LogP contribution is 2.39. The van der Waals surface area contributed by atoms with E-state index in [2.05, 4.69) is 22.4 Å². The average Bonchev–Trinajstić information content (AvgIpc) is 2.36. The Labute approximate surface area is 103 Å². The Morgan fingerprint density at radius 2 is 2.18 bits per heavy atom. The third-order valence-electron chi connectivity index (χ3n) is 4.13. The molecule has 17 heavy (non-hydrogen) atoms. The summed E-state index contributed by atoms with van der Waals surface area (Å²) in [5.74, 6) is 0.806. The van der Waals surface area contributed by atoms with Gasteiger partial charge in [0.25, 0.3) is 0 Å². The van der Waals surface area contributed by atoms with E-state index < -0.39 is 0 Å². The van der Waals surface area contributed by atoms with Crippen LogP contribution in [-0.2, 0) is 10.2 Å². The summed E-state index contributed by atoms with van der Waals surface area (Å²) in [7, 11) is 0. The molecule has 0 spiro atoms. The minimum absolute atomic E-state index is 0.270. The SMILES string of the molecule is c1cc(C2(CC3CCCNC3)COC2)ccn1. The fraction of sp³-hybridized carbons (Fsp3) is 0.643. The fourth-order valence-corrected chi connectivity index (χ4v) is 3.11. The highest BCUT2D eigenvalue weighted by Gasteiger charge is 2.42. The smallest absolute Gasteiger partial charge is 0.0585 e. The first kappa shape index (κ1) is 11.2. The third kappa shape index (κ3) is 2.22. The largest absolute Gasteiger partial charge is 0.379 e. The van der Waals surface area contributed by atoms with Crippen LogP contribution >= 0.6 is 0 Å². The molecule has 3 nitrogen and oxygen atoms in total. The Hall–Kier alpha value is -0.930. The first-order valence-electron chi connectivity index (χ1n) is 6.58. The predicted molar refractivity (Wildman–Crippen MR) is 66.9 cm³/mol. The molecule has 1 atom stereocenters. The van der Waals surface area contributed by atoms with Crippen LogP contribution in [0.25, 0.3) is 0 Å². The third-order valence-corrected chi connectivity index (χ3v) is 4.13. The molecule has 0 aromatic carbocycles. The number of rotatable bonds is 3. The minimum atomic E-state index is 0.270. The van der Waals surface area contributed by atoms with Gasteiger partial charge in [-0.15, -0.1) is 0 Å². The van der Waals surface area contributed by atoms with Gasteiger partial charge in [-0.05, 0) is 56.0 Å². The first-order chi connectivity index (χ1) is 8.39. The number of nitrogens with one attached hydrogen (secondary N) is 1. The summed E-state index contributed by atoms with van der Waals surface area (Å²) < 4.78 is 5.49. The van der Waals surface area contributed by atoms with Gasteiger partial charge in [0.05, 0.1) is 13.2 Å². The molecule has 0 saturated carbocycles. The molecule has 0 radical (unpaired) electrons. The number of nitrogens with zero attached hydrogens (tertiary/aromatic N) is 1. The highest BCUT2D eigenvalue weighted by atomic mass is 16.5. The Kier molecular flexibility index (Phi) is 3.12. The molecule has 3 rings (SSSR count). The maximum atomic E-state index is 5.49. The predicted octanol–water partition coefficient (Wildman–Crippen LogP) is 1.74. The Balaban J connectivity index is 1.73. The van der Waals surface area contributed by atoms with Crippen LogP contribution in [0.15, 0.2) is 24.5 Å². The van der Waals surface area contributed by atoms with Crippen LogP contribution in [0.3, 0.4) is 0 Å². The van der Waals surface area contributed by atoms with E-state index >= 15 is 0 Å². The summed E-state index contributed by atoms with van der Waals surface area (Å²) in [6.45, 7) is 4.13. The quantitative estimate of drug-likeness (QED) is 0.862. The standard InChI is InChI=1S/C14H20N2O/c1-2-12(9-16-5-1)8-14(10-17-11-14)13-3-6-15-7-4-13/h3-4,6-7,12,16H,1-2,5,8-11H2. The van der Waals surface area contributed by atoms with E-state index in [4.69, 9.17) is 4.74 Å². The summed E-state index contributed by atoms with van der Waals surface area (Å²) in [5.41, 5.74) is 1.68. The monoisotopic (exact) mass is 232 g/mol. The lowest BCUT2D eigenvalue weighted by molar-refractivity contribution is -0.0727. The molecule has 3 heteroatoms. The number of aromatic nitrogens is 1. The van der Waals surface area contributed by atoms with Crippen molar-refractivity contribution in [3.63, 3.8) is 0 Å². The summed E-state index contributed by atoms with van der Waals surface area (Å²) >= 11 is 0. The van der Waals surface area contributed by atoms with Crippen LogP contribution in [0.1, 0.15) is 24.8 Å². The van der Waals surface area contributed by atoms with Crippen molar-refractivity contribution in [3.8, 4) is 0 Å². The van der Waals surface area contributed by atoms with E-state index in [1.54, 1.807) is 0 Å². The summed E-state index contributed by atoms with van der Waals surface area (Å²) in [6.07, 6.45) is 7.73. The summed E-state index contributed by atoms with van der Waals surface area (Å²) in [6, 6.07) is 4.30. The van der Waals surface area contributed by atoms with E-state index in [1.807, 2.05) is 12.4 Å². The second kappa shape index (κ2) is 4.75. The Bertz CT molecular complexity index is 356. The second-order valence-corrected chi connectivity index (χ2v) is 5.43. The van der Waals surface area contributed by atoms with Gasteiger partial charge >= 0.3 is 0 Å². The fourth-order valence-electron chi connectivity index (χ4n) is 3.11. The lowest BCUT2D eigenvalue weighted by atomic mass is 9.71. The molecule has 1 N–H and O–H groups in total. The van der Waals surface area contributed by atoms with Crippen molar-refractivity contribution in [2.24, 2.45) is 5.92 Å². The number of ether oxygens (including phenoxy) is 1. The lowest BCUT2D eigenvalue weighted by Crippen LogP contribution is -2.49. The minimum Gasteiger partial charge on any atom is -0.379 e. The van der Waals surface area contributed by atoms with Gasteiger partial charge in [-0.25, -0.2) is 0 Å². The molecular weight excluding hydrogens is 212 g/mol. The Morgan fingerprint density at radius 1 is 1.35 bits per heavy atom. The van der Waals surface area contributed by atoms with E-state index in [9.17, 15) is 0 Å². The lowest BCUT2D eigenvalue weighted by Gasteiger charge is -2.44. The van der Waals surface area contributed by atoms with E-state index in [0.717, 1.165) is 19.1 Å². The van der Waals surface area contributed by atoms with Crippen LogP contribution in [0, 0.1) is 5.92 Å². The van der Waals surface area contributed by atoms with Gasteiger partial charge in [0, 0.05) is 17.8 Å². The molecule has 92 valence electrons. The van der Waals surface area contributed by atoms with Crippen LogP contribution in [-0.4, -0.2) is 31.3 Å². The average molecular weight is 232 g/mol. The van der Waals surface area contributed by atoms with Gasteiger partial charge in [0.15, 0.2) is 0 Å². The van der Waals surface area contributed by atoms with Crippen molar-refractivity contribution in [1.29, 1.82) is 0 Å². The molecule has 1 aromatic rings. The number of hydrogen-bond donors (Lipinski definition) is 1. The normalized spacial score (nSPS) is 27.4. The summed E-state index contributed by atoms with van der Waals surface area (Å²) in [4.78, 5) is 4.11. The molecule has 2 fully saturated rings. The highest BCUT2D eigenvalue weighted by molar-refractivity contribution is 5.26. The number of pyridine rings is 1. The summed E-state index contributed by atoms with van der Waals surface area (Å²) in [5, 5.41) is 3.50. The van der Waals surface area contributed by atoms with Crippen molar-refractivity contribution in [1.82, 2.24) is 10.3 Å². The van der Waals surface area contributed by atoms with Gasteiger partial charge in [-0.1, -0.05) is 0 Å². The van der Waals surface area contributed by atoms with Gasteiger partial charge in [-0.2, -0.15) is 0 Å². The maximum Gasteiger partial charge on any atom is 0.0585 e. The van der Waals surface area contributed by atoms with E-state index in [0.29, 0.717) is 0 Å². The van der Waals surface area contributed by atoms with Gasteiger partial charge in [-0.3, -0.25) is 4.98 Å². The molecule has 3 heterocycles. The van der Waals surface area contributed by atoms with Crippen LogP contribution < -0.4 is 5.32 Å². The van der Waals surface area contributed by atoms with Crippen LogP contribution in [0.5, 0.6) is 0 Å². The molecule has 1 unspecified atom stereocenters. The van der Waals surface area contributed by atoms with Crippen molar-refractivity contribution in [3.05, 3.63) is 30.1 Å².